The molecule has 0 aromatic heterocycles. The maximum Gasteiger partial charge on any atom is 0.306 e. The Morgan fingerprint density at radius 3 is 1.59 bits per heavy atom. The number of ether oxygens (including phenoxy) is 6. The quantitative estimate of drug-likeness (QED) is 0.0193. The Balaban J connectivity index is 1.71. The third-order valence-corrected chi connectivity index (χ3v) is 11.6. The number of hydrogen-bond acceptors (Lipinski definition) is 14. The van der Waals surface area contributed by atoms with E-state index in [4.69, 9.17) is 28.4 Å². The van der Waals surface area contributed by atoms with Gasteiger partial charge in [0.2, 0.25) is 0 Å². The van der Waals surface area contributed by atoms with Crippen LogP contribution in [0.4, 0.5) is 0 Å². The van der Waals surface area contributed by atoms with Crippen molar-refractivity contribution in [3.63, 3.8) is 0 Å². The first-order chi connectivity index (χ1) is 31.1. The lowest BCUT2D eigenvalue weighted by molar-refractivity contribution is -0.332. The number of hydrogen-bond donors (Lipinski definition) is 7. The van der Waals surface area contributed by atoms with Crippen LogP contribution in [0.15, 0.2) is 48.6 Å². The molecule has 2 aliphatic heterocycles. The van der Waals surface area contributed by atoms with Gasteiger partial charge in [0.15, 0.2) is 12.6 Å². The van der Waals surface area contributed by atoms with Gasteiger partial charge in [-0.1, -0.05) is 152 Å². The van der Waals surface area contributed by atoms with Crippen LogP contribution < -0.4 is 0 Å². The highest BCUT2D eigenvalue weighted by Crippen LogP contribution is 2.26. The van der Waals surface area contributed by atoms with Crippen molar-refractivity contribution < 1.29 is 69.0 Å². The monoisotopic (exact) mass is 913 g/mol. The molecule has 2 fully saturated rings. The van der Waals surface area contributed by atoms with E-state index >= 15 is 0 Å². The predicted molar refractivity (Wildman–Crippen MR) is 247 cm³/mol. The van der Waals surface area contributed by atoms with Gasteiger partial charge < -0.3 is 64.2 Å². The molecule has 14 heteroatoms. The molecule has 2 rings (SSSR count). The zero-order valence-electron chi connectivity index (χ0n) is 39.3. The molecule has 0 radical (unpaired) electrons. The maximum absolute atomic E-state index is 12.9. The number of esters is 1. The SMILES string of the molecule is CC/C=C\C/C=C\C/C=C\C/C=C\CCCCCCCCCCCOCC(COC1OC(COC2OC(CO)C(O)C(O)C2O)C(O)C(O)C1O)OC(=O)CCCCCCCCCC. The minimum atomic E-state index is -1.71. The molecule has 0 aromatic carbocycles. The summed E-state index contributed by atoms with van der Waals surface area (Å²) in [4.78, 5) is 12.9. The van der Waals surface area contributed by atoms with Crippen LogP contribution in [0.1, 0.15) is 162 Å². The van der Waals surface area contributed by atoms with Crippen molar-refractivity contribution in [3.8, 4) is 0 Å². The first-order valence-electron chi connectivity index (χ1n) is 24.7. The van der Waals surface area contributed by atoms with Crippen LogP contribution in [-0.2, 0) is 33.2 Å². The Bertz CT molecular complexity index is 1240. The molecule has 0 saturated carbocycles. The van der Waals surface area contributed by atoms with Gasteiger partial charge in [-0.05, 0) is 51.4 Å². The molecule has 0 amide bonds. The molecule has 14 nitrogen and oxygen atoms in total. The summed E-state index contributed by atoms with van der Waals surface area (Å²) in [6.07, 6.45) is 26.3. The standard InChI is InChI=1S/C50H88O14/c1-3-5-7-9-11-13-14-15-16-17-18-19-20-21-22-23-24-25-26-28-30-32-34-59-36-39(62-42(52)33-31-29-27-12-10-8-6-4-2)37-60-49-48(58)46(56)44(54)41(64-49)38-61-50-47(57)45(55)43(53)40(35-51)63-50/h5,7,11,13,15-16,18-19,39-41,43-51,53-58H,3-4,6,8-10,12,14,17,20-38H2,1-2H3/b7-5-,13-11-,16-15-,19-18-. The normalized spacial score (nSPS) is 27.1. The second kappa shape index (κ2) is 38.0. The highest BCUT2D eigenvalue weighted by Gasteiger charge is 2.47. The zero-order valence-corrected chi connectivity index (χ0v) is 39.3. The summed E-state index contributed by atoms with van der Waals surface area (Å²) >= 11 is 0. The Morgan fingerprint density at radius 1 is 0.531 bits per heavy atom. The minimum Gasteiger partial charge on any atom is -0.457 e. The molecule has 0 spiro atoms. The Labute approximate surface area is 384 Å². The van der Waals surface area contributed by atoms with Crippen molar-refractivity contribution in [3.05, 3.63) is 48.6 Å². The van der Waals surface area contributed by atoms with E-state index < -0.39 is 80.7 Å². The number of aliphatic hydroxyl groups excluding tert-OH is 7. The summed E-state index contributed by atoms with van der Waals surface area (Å²) in [5, 5.41) is 71.9. The van der Waals surface area contributed by atoms with Crippen molar-refractivity contribution >= 4 is 5.97 Å². The fraction of sp³-hybridized carbons (Fsp3) is 0.820. The van der Waals surface area contributed by atoms with Crippen molar-refractivity contribution in [1.29, 1.82) is 0 Å². The van der Waals surface area contributed by atoms with Crippen LogP contribution in [0.5, 0.6) is 0 Å². The lowest BCUT2D eigenvalue weighted by Crippen LogP contribution is -2.61. The van der Waals surface area contributed by atoms with E-state index in [-0.39, 0.29) is 25.6 Å². The largest absolute Gasteiger partial charge is 0.457 e. The number of carbonyl (C=O) groups is 1. The van der Waals surface area contributed by atoms with Crippen LogP contribution >= 0.6 is 0 Å². The molecule has 0 bridgehead atoms. The molecule has 11 unspecified atom stereocenters. The van der Waals surface area contributed by atoms with Crippen molar-refractivity contribution in [2.75, 3.05) is 33.0 Å². The molecule has 2 saturated heterocycles. The highest BCUT2D eigenvalue weighted by molar-refractivity contribution is 5.69. The first kappa shape index (κ1) is 58.1. The minimum absolute atomic E-state index is 0.0573. The van der Waals surface area contributed by atoms with Crippen LogP contribution in [0.2, 0.25) is 0 Å². The molecule has 7 N–H and O–H groups in total. The number of aliphatic hydroxyl groups is 7. The summed E-state index contributed by atoms with van der Waals surface area (Å²) in [7, 11) is 0. The molecule has 2 heterocycles. The van der Waals surface area contributed by atoms with E-state index in [1.807, 2.05) is 0 Å². The van der Waals surface area contributed by atoms with E-state index in [0.717, 1.165) is 70.6 Å². The molecule has 0 aromatic rings. The van der Waals surface area contributed by atoms with E-state index in [1.165, 1.54) is 64.2 Å². The van der Waals surface area contributed by atoms with Crippen molar-refractivity contribution in [1.82, 2.24) is 0 Å². The number of rotatable bonds is 38. The average Bonchev–Trinajstić information content (AvgIpc) is 3.29. The lowest BCUT2D eigenvalue weighted by Gasteiger charge is -2.42. The van der Waals surface area contributed by atoms with E-state index in [9.17, 15) is 40.5 Å². The van der Waals surface area contributed by atoms with Gasteiger partial charge in [0.05, 0.1) is 26.4 Å². The average molecular weight is 913 g/mol. The molecule has 11 atom stereocenters. The fourth-order valence-corrected chi connectivity index (χ4v) is 7.57. The molecule has 2 aliphatic rings. The number of unbranched alkanes of at least 4 members (excludes halogenated alkanes) is 16. The summed E-state index contributed by atoms with van der Waals surface area (Å²) in [6, 6.07) is 0. The number of allylic oxidation sites excluding steroid dienone is 8. The summed E-state index contributed by atoms with van der Waals surface area (Å²) in [5.74, 6) is -0.385. The second-order valence-corrected chi connectivity index (χ2v) is 17.3. The summed E-state index contributed by atoms with van der Waals surface area (Å²) in [6.45, 7) is 3.51. The molecular weight excluding hydrogens is 825 g/mol. The summed E-state index contributed by atoms with van der Waals surface area (Å²) < 4.78 is 34.1. The van der Waals surface area contributed by atoms with E-state index in [1.54, 1.807) is 0 Å². The molecule has 0 aliphatic carbocycles. The van der Waals surface area contributed by atoms with Gasteiger partial charge in [0.25, 0.3) is 0 Å². The van der Waals surface area contributed by atoms with Gasteiger partial charge >= 0.3 is 5.97 Å². The van der Waals surface area contributed by atoms with Gasteiger partial charge in [0.1, 0.15) is 54.9 Å². The summed E-state index contributed by atoms with van der Waals surface area (Å²) in [5.41, 5.74) is 0. The smallest absolute Gasteiger partial charge is 0.306 e. The Morgan fingerprint density at radius 2 is 1.02 bits per heavy atom. The van der Waals surface area contributed by atoms with Crippen LogP contribution in [0, 0.1) is 0 Å². The second-order valence-electron chi connectivity index (χ2n) is 17.3. The zero-order chi connectivity index (χ0) is 46.6. The van der Waals surface area contributed by atoms with E-state index in [2.05, 4.69) is 62.5 Å². The van der Waals surface area contributed by atoms with Gasteiger partial charge in [-0.25, -0.2) is 0 Å². The Hall–Kier alpha value is -2.05. The van der Waals surface area contributed by atoms with Crippen LogP contribution in [-0.4, -0.2) is 142 Å². The third-order valence-electron chi connectivity index (χ3n) is 11.6. The molecule has 64 heavy (non-hydrogen) atoms. The van der Waals surface area contributed by atoms with Gasteiger partial charge in [0, 0.05) is 13.0 Å². The van der Waals surface area contributed by atoms with Crippen LogP contribution in [0.3, 0.4) is 0 Å². The third kappa shape index (κ3) is 25.7. The van der Waals surface area contributed by atoms with Crippen LogP contribution in [0.25, 0.3) is 0 Å². The maximum atomic E-state index is 12.9. The molecular formula is C50H88O14. The molecule has 372 valence electrons. The van der Waals surface area contributed by atoms with Gasteiger partial charge in [-0.3, -0.25) is 4.79 Å². The Kier molecular flexibility index (Phi) is 34.5. The highest BCUT2D eigenvalue weighted by atomic mass is 16.7. The van der Waals surface area contributed by atoms with Crippen molar-refractivity contribution in [2.45, 2.75) is 229 Å². The number of carbonyl (C=O) groups excluding carboxylic acids is 1. The van der Waals surface area contributed by atoms with Crippen molar-refractivity contribution in [2.24, 2.45) is 0 Å². The lowest BCUT2D eigenvalue weighted by atomic mass is 9.98. The topological polar surface area (TPSA) is 214 Å². The van der Waals surface area contributed by atoms with Gasteiger partial charge in [-0.15, -0.1) is 0 Å². The van der Waals surface area contributed by atoms with Gasteiger partial charge in [-0.2, -0.15) is 0 Å². The fourth-order valence-electron chi connectivity index (χ4n) is 7.57. The first-order valence-corrected chi connectivity index (χ1v) is 24.7. The van der Waals surface area contributed by atoms with E-state index in [0.29, 0.717) is 13.0 Å². The predicted octanol–water partition coefficient (Wildman–Crippen LogP) is 6.79.